The molecular weight excluding hydrogens is 338 g/mol. The molecule has 0 aliphatic carbocycles. The lowest BCUT2D eigenvalue weighted by Crippen LogP contribution is -2.18. The lowest BCUT2D eigenvalue weighted by Gasteiger charge is -2.17. The van der Waals surface area contributed by atoms with Gasteiger partial charge in [0.05, 0.1) is 13.1 Å². The van der Waals surface area contributed by atoms with Crippen LogP contribution in [0.2, 0.25) is 0 Å². The van der Waals surface area contributed by atoms with E-state index < -0.39 is 0 Å². The van der Waals surface area contributed by atoms with Crippen molar-refractivity contribution in [3.8, 4) is 11.3 Å². The Morgan fingerprint density at radius 2 is 1.78 bits per heavy atom. The number of pyridine rings is 1. The Labute approximate surface area is 158 Å². The molecule has 0 saturated carbocycles. The van der Waals surface area contributed by atoms with Gasteiger partial charge in [0.2, 0.25) is 0 Å². The van der Waals surface area contributed by atoms with E-state index in [2.05, 4.69) is 51.5 Å². The standard InChI is InChI=1S/C21H21N5O/c1-25(16-20-13-21(24-27-20)17-7-10-22-11-8-17)14-18-5-2-3-6-19(18)15-26-12-4-9-23-26/h2-13H,14-16H2,1H3. The van der Waals surface area contributed by atoms with E-state index in [9.17, 15) is 0 Å². The summed E-state index contributed by atoms with van der Waals surface area (Å²) in [6.45, 7) is 2.28. The van der Waals surface area contributed by atoms with Crippen LogP contribution in [-0.2, 0) is 19.6 Å². The van der Waals surface area contributed by atoms with Crippen molar-refractivity contribution in [2.45, 2.75) is 19.6 Å². The molecule has 27 heavy (non-hydrogen) atoms. The molecule has 0 unspecified atom stereocenters. The van der Waals surface area contributed by atoms with Gasteiger partial charge in [-0.2, -0.15) is 5.10 Å². The zero-order valence-corrected chi connectivity index (χ0v) is 15.2. The van der Waals surface area contributed by atoms with Crippen molar-refractivity contribution in [3.63, 3.8) is 0 Å². The Kier molecular flexibility index (Phi) is 5.07. The predicted octanol–water partition coefficient (Wildman–Crippen LogP) is 3.61. The van der Waals surface area contributed by atoms with Crippen molar-refractivity contribution < 1.29 is 4.52 Å². The van der Waals surface area contributed by atoms with E-state index in [-0.39, 0.29) is 0 Å². The average molecular weight is 359 g/mol. The number of aromatic nitrogens is 4. The second-order valence-electron chi connectivity index (χ2n) is 6.56. The van der Waals surface area contributed by atoms with E-state index in [0.29, 0.717) is 6.54 Å². The molecule has 4 rings (SSSR count). The second kappa shape index (κ2) is 7.97. The third kappa shape index (κ3) is 4.30. The Hall–Kier alpha value is -3.25. The maximum absolute atomic E-state index is 5.52. The fraction of sp³-hybridized carbons (Fsp3) is 0.190. The molecule has 0 atom stereocenters. The van der Waals surface area contributed by atoms with Crippen molar-refractivity contribution >= 4 is 0 Å². The third-order valence-electron chi connectivity index (χ3n) is 4.41. The largest absolute Gasteiger partial charge is 0.359 e. The first-order valence-electron chi connectivity index (χ1n) is 8.87. The van der Waals surface area contributed by atoms with E-state index in [1.54, 1.807) is 18.6 Å². The number of hydrogen-bond acceptors (Lipinski definition) is 5. The zero-order valence-electron chi connectivity index (χ0n) is 15.2. The summed E-state index contributed by atoms with van der Waals surface area (Å²) in [4.78, 5) is 6.26. The number of rotatable bonds is 7. The summed E-state index contributed by atoms with van der Waals surface area (Å²) >= 11 is 0. The van der Waals surface area contributed by atoms with Crippen LogP contribution in [0.3, 0.4) is 0 Å². The molecule has 0 spiro atoms. The molecule has 0 aliphatic rings. The second-order valence-corrected chi connectivity index (χ2v) is 6.56. The Morgan fingerprint density at radius 1 is 0.963 bits per heavy atom. The van der Waals surface area contributed by atoms with E-state index in [1.165, 1.54) is 11.1 Å². The van der Waals surface area contributed by atoms with Gasteiger partial charge in [0.25, 0.3) is 0 Å². The van der Waals surface area contributed by atoms with Gasteiger partial charge in [-0.1, -0.05) is 29.4 Å². The monoisotopic (exact) mass is 359 g/mol. The minimum Gasteiger partial charge on any atom is -0.359 e. The number of hydrogen-bond donors (Lipinski definition) is 0. The highest BCUT2D eigenvalue weighted by Gasteiger charge is 2.11. The molecule has 0 radical (unpaired) electrons. The molecule has 1 aromatic carbocycles. The average Bonchev–Trinajstić information content (AvgIpc) is 3.36. The highest BCUT2D eigenvalue weighted by Crippen LogP contribution is 2.20. The molecule has 0 bridgehead atoms. The van der Waals surface area contributed by atoms with Crippen molar-refractivity contribution in [2.75, 3.05) is 7.05 Å². The smallest absolute Gasteiger partial charge is 0.151 e. The molecular formula is C21H21N5O. The molecule has 0 aliphatic heterocycles. The zero-order chi connectivity index (χ0) is 18.5. The lowest BCUT2D eigenvalue weighted by atomic mass is 10.1. The molecule has 3 heterocycles. The number of benzene rings is 1. The Morgan fingerprint density at radius 3 is 2.56 bits per heavy atom. The van der Waals surface area contributed by atoms with Gasteiger partial charge in [0.1, 0.15) is 5.69 Å². The van der Waals surface area contributed by atoms with Gasteiger partial charge in [0, 0.05) is 43.0 Å². The summed E-state index contributed by atoms with van der Waals surface area (Å²) in [5, 5.41) is 8.48. The van der Waals surface area contributed by atoms with Crippen LogP contribution in [0.15, 0.2) is 77.8 Å². The van der Waals surface area contributed by atoms with Gasteiger partial charge in [-0.3, -0.25) is 14.6 Å². The normalized spacial score (nSPS) is 11.2. The maximum atomic E-state index is 5.52. The van der Waals surface area contributed by atoms with Gasteiger partial charge >= 0.3 is 0 Å². The van der Waals surface area contributed by atoms with E-state index >= 15 is 0 Å². The van der Waals surface area contributed by atoms with Crippen LogP contribution in [0.25, 0.3) is 11.3 Å². The molecule has 0 saturated heterocycles. The summed E-state index contributed by atoms with van der Waals surface area (Å²) in [7, 11) is 2.08. The first kappa shape index (κ1) is 17.2. The van der Waals surface area contributed by atoms with E-state index in [4.69, 9.17) is 4.52 Å². The number of nitrogens with zero attached hydrogens (tertiary/aromatic N) is 5. The van der Waals surface area contributed by atoms with Crippen molar-refractivity contribution in [1.29, 1.82) is 0 Å². The van der Waals surface area contributed by atoms with Crippen LogP contribution in [0.1, 0.15) is 16.9 Å². The molecule has 0 N–H and O–H groups in total. The summed E-state index contributed by atoms with van der Waals surface area (Å²) in [5.41, 5.74) is 4.39. The Bertz CT molecular complexity index is 979. The first-order chi connectivity index (χ1) is 13.3. The Balaban J connectivity index is 1.43. The van der Waals surface area contributed by atoms with Gasteiger partial charge in [-0.05, 0) is 36.4 Å². The summed E-state index contributed by atoms with van der Waals surface area (Å²) < 4.78 is 7.46. The van der Waals surface area contributed by atoms with Crippen molar-refractivity contribution in [2.24, 2.45) is 0 Å². The minimum absolute atomic E-state index is 0.689. The van der Waals surface area contributed by atoms with Crippen LogP contribution in [0, 0.1) is 0 Å². The molecule has 4 aromatic rings. The van der Waals surface area contributed by atoms with Gasteiger partial charge in [-0.25, -0.2) is 0 Å². The predicted molar refractivity (Wildman–Crippen MR) is 103 cm³/mol. The molecule has 0 fully saturated rings. The summed E-state index contributed by atoms with van der Waals surface area (Å²) in [6.07, 6.45) is 7.30. The summed E-state index contributed by atoms with van der Waals surface area (Å²) in [6, 6.07) is 16.2. The lowest BCUT2D eigenvalue weighted by molar-refractivity contribution is 0.266. The topological polar surface area (TPSA) is 60.0 Å². The summed E-state index contributed by atoms with van der Waals surface area (Å²) in [5.74, 6) is 0.842. The SMILES string of the molecule is CN(Cc1cc(-c2ccncc2)no1)Cc1ccccc1Cn1cccn1. The van der Waals surface area contributed by atoms with E-state index in [1.807, 2.05) is 35.1 Å². The van der Waals surface area contributed by atoms with Crippen LogP contribution in [0.5, 0.6) is 0 Å². The van der Waals surface area contributed by atoms with Gasteiger partial charge in [-0.15, -0.1) is 0 Å². The fourth-order valence-corrected chi connectivity index (χ4v) is 3.09. The maximum Gasteiger partial charge on any atom is 0.151 e. The van der Waals surface area contributed by atoms with Gasteiger partial charge < -0.3 is 4.52 Å². The van der Waals surface area contributed by atoms with Crippen LogP contribution in [0.4, 0.5) is 0 Å². The first-order valence-corrected chi connectivity index (χ1v) is 8.87. The quantitative estimate of drug-likeness (QED) is 0.504. The minimum atomic E-state index is 0.689. The van der Waals surface area contributed by atoms with Crippen LogP contribution >= 0.6 is 0 Å². The molecule has 6 nitrogen and oxygen atoms in total. The van der Waals surface area contributed by atoms with Crippen molar-refractivity contribution in [3.05, 3.63) is 90.2 Å². The molecule has 3 aromatic heterocycles. The highest BCUT2D eigenvalue weighted by molar-refractivity contribution is 5.57. The van der Waals surface area contributed by atoms with Crippen LogP contribution in [-0.4, -0.2) is 31.9 Å². The van der Waals surface area contributed by atoms with Crippen LogP contribution < -0.4 is 0 Å². The van der Waals surface area contributed by atoms with E-state index in [0.717, 1.165) is 30.1 Å². The molecule has 0 amide bonds. The molecule has 136 valence electrons. The molecule has 6 heteroatoms. The van der Waals surface area contributed by atoms with Gasteiger partial charge in [0.15, 0.2) is 5.76 Å². The fourth-order valence-electron chi connectivity index (χ4n) is 3.09. The van der Waals surface area contributed by atoms with Crippen molar-refractivity contribution in [1.82, 2.24) is 24.8 Å². The highest BCUT2D eigenvalue weighted by atomic mass is 16.5. The third-order valence-corrected chi connectivity index (χ3v) is 4.41.